The molecular formula is C17H30IN5O. The molecule has 0 bridgehead atoms. The van der Waals surface area contributed by atoms with Crippen LogP contribution in [0.15, 0.2) is 23.3 Å². The Morgan fingerprint density at radius 3 is 2.79 bits per heavy atom. The highest BCUT2D eigenvalue weighted by Crippen LogP contribution is 2.10. The van der Waals surface area contributed by atoms with Crippen molar-refractivity contribution in [2.75, 3.05) is 40.4 Å². The summed E-state index contributed by atoms with van der Waals surface area (Å²) in [6.45, 7) is 6.82. The number of methoxy groups -OCH3 is 1. The van der Waals surface area contributed by atoms with Crippen molar-refractivity contribution >= 4 is 29.9 Å². The van der Waals surface area contributed by atoms with Gasteiger partial charge in [-0.15, -0.1) is 24.0 Å². The lowest BCUT2D eigenvalue weighted by Crippen LogP contribution is -2.49. The van der Waals surface area contributed by atoms with Crippen LogP contribution in [0.25, 0.3) is 0 Å². The van der Waals surface area contributed by atoms with E-state index in [2.05, 4.69) is 38.5 Å². The van der Waals surface area contributed by atoms with Gasteiger partial charge < -0.3 is 20.3 Å². The van der Waals surface area contributed by atoms with Crippen LogP contribution in [0.4, 0.5) is 0 Å². The third-order valence-corrected chi connectivity index (χ3v) is 4.30. The molecule has 0 aromatic carbocycles. The van der Waals surface area contributed by atoms with E-state index in [9.17, 15) is 0 Å². The van der Waals surface area contributed by atoms with Crippen molar-refractivity contribution in [2.45, 2.75) is 32.4 Å². The molecule has 136 valence electrons. The van der Waals surface area contributed by atoms with E-state index in [1.54, 1.807) is 7.11 Å². The zero-order valence-corrected chi connectivity index (χ0v) is 17.2. The number of halogens is 1. The van der Waals surface area contributed by atoms with Crippen molar-refractivity contribution in [3.8, 4) is 0 Å². The number of pyridine rings is 1. The van der Waals surface area contributed by atoms with E-state index in [1.807, 2.05) is 19.3 Å². The lowest BCUT2D eigenvalue weighted by molar-refractivity contribution is 0.128. The van der Waals surface area contributed by atoms with E-state index in [0.717, 1.165) is 50.7 Å². The Morgan fingerprint density at radius 1 is 1.42 bits per heavy atom. The number of piperidine rings is 1. The first-order chi connectivity index (χ1) is 11.2. The fraction of sp³-hybridized carbons (Fsp3) is 0.647. The Kier molecular flexibility index (Phi) is 10.2. The minimum atomic E-state index is 0. The molecule has 0 aliphatic carbocycles. The van der Waals surface area contributed by atoms with Crippen molar-refractivity contribution in [3.05, 3.63) is 29.6 Å². The maximum atomic E-state index is 5.14. The van der Waals surface area contributed by atoms with Crippen LogP contribution in [0.2, 0.25) is 0 Å². The van der Waals surface area contributed by atoms with Crippen LogP contribution in [0.1, 0.15) is 24.1 Å². The van der Waals surface area contributed by atoms with E-state index in [-0.39, 0.29) is 24.0 Å². The summed E-state index contributed by atoms with van der Waals surface area (Å²) in [5.41, 5.74) is 2.26. The number of nitrogens with zero attached hydrogens (tertiary/aromatic N) is 3. The average molecular weight is 447 g/mol. The van der Waals surface area contributed by atoms with Crippen molar-refractivity contribution in [3.63, 3.8) is 0 Å². The Hall–Kier alpha value is -0.930. The molecule has 2 heterocycles. The summed E-state index contributed by atoms with van der Waals surface area (Å²) in [4.78, 5) is 11.2. The number of guanidine groups is 1. The summed E-state index contributed by atoms with van der Waals surface area (Å²) >= 11 is 0. The molecular weight excluding hydrogens is 417 g/mol. The third kappa shape index (κ3) is 6.90. The minimum absolute atomic E-state index is 0. The fourth-order valence-electron chi connectivity index (χ4n) is 2.78. The van der Waals surface area contributed by atoms with Gasteiger partial charge in [0.25, 0.3) is 0 Å². The largest absolute Gasteiger partial charge is 0.383 e. The summed E-state index contributed by atoms with van der Waals surface area (Å²) in [5.74, 6) is 0.852. The van der Waals surface area contributed by atoms with Crippen LogP contribution in [0, 0.1) is 6.92 Å². The molecule has 0 atom stereocenters. The maximum Gasteiger partial charge on any atom is 0.191 e. The van der Waals surface area contributed by atoms with E-state index in [0.29, 0.717) is 12.6 Å². The van der Waals surface area contributed by atoms with E-state index in [4.69, 9.17) is 4.74 Å². The minimum Gasteiger partial charge on any atom is -0.383 e. The molecule has 6 nitrogen and oxygen atoms in total. The van der Waals surface area contributed by atoms with Crippen molar-refractivity contribution in [1.82, 2.24) is 20.5 Å². The molecule has 1 saturated heterocycles. The molecule has 0 amide bonds. The van der Waals surface area contributed by atoms with Crippen LogP contribution >= 0.6 is 24.0 Å². The maximum absolute atomic E-state index is 5.14. The second kappa shape index (κ2) is 11.6. The van der Waals surface area contributed by atoms with Gasteiger partial charge in [-0.3, -0.25) is 9.98 Å². The highest BCUT2D eigenvalue weighted by Gasteiger charge is 2.19. The molecule has 0 unspecified atom stereocenters. The van der Waals surface area contributed by atoms with Gasteiger partial charge >= 0.3 is 0 Å². The van der Waals surface area contributed by atoms with Gasteiger partial charge in [0.15, 0.2) is 5.96 Å². The van der Waals surface area contributed by atoms with Gasteiger partial charge in [-0.25, -0.2) is 0 Å². The first kappa shape index (κ1) is 21.1. The predicted molar refractivity (Wildman–Crippen MR) is 109 cm³/mol. The number of aromatic nitrogens is 1. The zero-order chi connectivity index (χ0) is 16.5. The Labute approximate surface area is 162 Å². The lowest BCUT2D eigenvalue weighted by Gasteiger charge is -2.32. The van der Waals surface area contributed by atoms with Gasteiger partial charge in [0.05, 0.1) is 18.8 Å². The van der Waals surface area contributed by atoms with Crippen LogP contribution in [-0.2, 0) is 11.3 Å². The number of hydrogen-bond donors (Lipinski definition) is 2. The second-order valence-corrected chi connectivity index (χ2v) is 5.95. The molecule has 1 aromatic rings. The van der Waals surface area contributed by atoms with Crippen LogP contribution in [0.3, 0.4) is 0 Å². The molecule has 1 fully saturated rings. The highest BCUT2D eigenvalue weighted by molar-refractivity contribution is 14.0. The number of nitrogens with one attached hydrogen (secondary N) is 2. The Morgan fingerprint density at radius 2 is 2.17 bits per heavy atom. The van der Waals surface area contributed by atoms with Crippen LogP contribution in [-0.4, -0.2) is 62.3 Å². The molecule has 24 heavy (non-hydrogen) atoms. The second-order valence-electron chi connectivity index (χ2n) is 5.95. The number of ether oxygens (including phenoxy) is 1. The molecule has 0 spiro atoms. The van der Waals surface area contributed by atoms with Gasteiger partial charge in [-0.05, 0) is 31.4 Å². The zero-order valence-electron chi connectivity index (χ0n) is 14.9. The molecule has 0 radical (unpaired) electrons. The molecule has 2 rings (SSSR count). The Balaban J connectivity index is 0.00000288. The predicted octanol–water partition coefficient (Wildman–Crippen LogP) is 1.78. The van der Waals surface area contributed by atoms with E-state index in [1.165, 1.54) is 5.56 Å². The number of aliphatic imine (C=N–C) groups is 1. The van der Waals surface area contributed by atoms with Gasteiger partial charge in [-0.2, -0.15) is 0 Å². The summed E-state index contributed by atoms with van der Waals surface area (Å²) in [7, 11) is 3.57. The molecule has 2 N–H and O–H groups in total. The molecule has 0 saturated carbocycles. The monoisotopic (exact) mass is 447 g/mol. The van der Waals surface area contributed by atoms with E-state index >= 15 is 0 Å². The highest BCUT2D eigenvalue weighted by atomic mass is 127. The molecule has 1 aliphatic rings. The first-order valence-electron chi connectivity index (χ1n) is 8.32. The van der Waals surface area contributed by atoms with Gasteiger partial charge in [0.2, 0.25) is 0 Å². The number of hydrogen-bond acceptors (Lipinski definition) is 4. The third-order valence-electron chi connectivity index (χ3n) is 4.30. The van der Waals surface area contributed by atoms with Crippen LogP contribution < -0.4 is 10.6 Å². The average Bonchev–Trinajstić information content (AvgIpc) is 2.59. The summed E-state index contributed by atoms with van der Waals surface area (Å²) in [6, 6.07) is 4.52. The summed E-state index contributed by atoms with van der Waals surface area (Å²) in [5, 5.41) is 6.89. The topological polar surface area (TPSA) is 61.8 Å². The van der Waals surface area contributed by atoms with Crippen molar-refractivity contribution in [1.29, 1.82) is 0 Å². The quantitative estimate of drug-likeness (QED) is 0.396. The van der Waals surface area contributed by atoms with Gasteiger partial charge in [-0.1, -0.05) is 6.07 Å². The molecule has 1 aromatic heterocycles. The first-order valence-corrected chi connectivity index (χ1v) is 8.32. The van der Waals surface area contributed by atoms with Crippen LogP contribution in [0.5, 0.6) is 0 Å². The standard InChI is InChI=1S/C17H29N5O.HI/c1-14-5-4-8-19-16(14)13-20-17(18-2)21-15-6-9-22(10-7-15)11-12-23-3;/h4-5,8,15H,6-7,9-13H2,1-3H3,(H2,18,20,21);1H. The Bertz CT molecular complexity index is 504. The summed E-state index contributed by atoms with van der Waals surface area (Å²) in [6.07, 6.45) is 4.09. The van der Waals surface area contributed by atoms with Crippen molar-refractivity contribution < 1.29 is 4.74 Å². The SMILES string of the molecule is CN=C(NCc1ncccc1C)NC1CCN(CCOC)CC1.I. The smallest absolute Gasteiger partial charge is 0.191 e. The number of rotatable bonds is 6. The van der Waals surface area contributed by atoms with E-state index < -0.39 is 0 Å². The lowest BCUT2D eigenvalue weighted by atomic mass is 10.1. The molecule has 1 aliphatic heterocycles. The van der Waals surface area contributed by atoms with Crippen molar-refractivity contribution in [2.24, 2.45) is 4.99 Å². The number of aryl methyl sites for hydroxylation is 1. The van der Waals surface area contributed by atoms with Gasteiger partial charge in [0, 0.05) is 46.0 Å². The normalized spacial score (nSPS) is 16.5. The number of likely N-dealkylation sites (tertiary alicyclic amines) is 1. The molecule has 7 heteroatoms. The van der Waals surface area contributed by atoms with Gasteiger partial charge in [0.1, 0.15) is 0 Å². The summed E-state index contributed by atoms with van der Waals surface area (Å²) < 4.78 is 5.14. The fourth-order valence-corrected chi connectivity index (χ4v) is 2.78.